The highest BCUT2D eigenvalue weighted by molar-refractivity contribution is 5.59. The standard InChI is InChI=1S/C12H16N4O2/c1-3-6-13-8-10-15-16-12(18-10)9-5-4-7-14-11(9)17-2/h4-5,7,13H,3,6,8H2,1-2H3. The molecule has 0 unspecified atom stereocenters. The van der Waals surface area contributed by atoms with Gasteiger partial charge in [0.25, 0.3) is 5.89 Å². The smallest absolute Gasteiger partial charge is 0.253 e. The van der Waals surface area contributed by atoms with E-state index in [0.717, 1.165) is 13.0 Å². The van der Waals surface area contributed by atoms with Crippen molar-refractivity contribution in [3.05, 3.63) is 24.2 Å². The lowest BCUT2D eigenvalue weighted by atomic mass is 10.3. The molecule has 96 valence electrons. The zero-order valence-corrected chi connectivity index (χ0v) is 10.5. The molecule has 2 aromatic rings. The maximum absolute atomic E-state index is 5.55. The number of hydrogen-bond donors (Lipinski definition) is 1. The highest BCUT2D eigenvalue weighted by atomic mass is 16.5. The molecule has 0 radical (unpaired) electrons. The Labute approximate surface area is 105 Å². The van der Waals surface area contributed by atoms with Crippen molar-refractivity contribution in [2.75, 3.05) is 13.7 Å². The fraction of sp³-hybridized carbons (Fsp3) is 0.417. The second-order valence-corrected chi connectivity index (χ2v) is 3.74. The highest BCUT2D eigenvalue weighted by Gasteiger charge is 2.13. The lowest BCUT2D eigenvalue weighted by Crippen LogP contribution is -2.13. The van der Waals surface area contributed by atoms with Gasteiger partial charge in [0.15, 0.2) is 0 Å². The first kappa shape index (κ1) is 12.5. The van der Waals surface area contributed by atoms with E-state index in [0.29, 0.717) is 29.8 Å². The zero-order valence-electron chi connectivity index (χ0n) is 10.5. The van der Waals surface area contributed by atoms with Gasteiger partial charge < -0.3 is 14.5 Å². The predicted molar refractivity (Wildman–Crippen MR) is 66.1 cm³/mol. The molecular weight excluding hydrogens is 232 g/mol. The van der Waals surface area contributed by atoms with Crippen molar-refractivity contribution in [1.82, 2.24) is 20.5 Å². The van der Waals surface area contributed by atoms with Gasteiger partial charge in [0.2, 0.25) is 11.8 Å². The molecule has 0 aliphatic heterocycles. The molecule has 6 nitrogen and oxygen atoms in total. The summed E-state index contributed by atoms with van der Waals surface area (Å²) in [7, 11) is 1.56. The minimum atomic E-state index is 0.424. The molecule has 18 heavy (non-hydrogen) atoms. The minimum absolute atomic E-state index is 0.424. The average molecular weight is 248 g/mol. The van der Waals surface area contributed by atoms with Crippen molar-refractivity contribution in [3.63, 3.8) is 0 Å². The lowest BCUT2D eigenvalue weighted by Gasteiger charge is -2.01. The van der Waals surface area contributed by atoms with E-state index in [9.17, 15) is 0 Å². The molecule has 2 rings (SSSR count). The van der Waals surface area contributed by atoms with Crippen molar-refractivity contribution in [3.8, 4) is 17.3 Å². The quantitative estimate of drug-likeness (QED) is 0.783. The third kappa shape index (κ3) is 2.84. The Bertz CT molecular complexity index is 498. The monoisotopic (exact) mass is 248 g/mol. The summed E-state index contributed by atoms with van der Waals surface area (Å²) < 4.78 is 10.7. The molecular formula is C12H16N4O2. The van der Waals surface area contributed by atoms with Crippen LogP contribution in [0.1, 0.15) is 19.2 Å². The fourth-order valence-corrected chi connectivity index (χ4v) is 1.52. The maximum Gasteiger partial charge on any atom is 0.253 e. The van der Waals surface area contributed by atoms with Gasteiger partial charge in [0.05, 0.1) is 13.7 Å². The Morgan fingerprint density at radius 2 is 2.28 bits per heavy atom. The first-order valence-corrected chi connectivity index (χ1v) is 5.87. The van der Waals surface area contributed by atoms with E-state index in [1.165, 1.54) is 0 Å². The van der Waals surface area contributed by atoms with Crippen LogP contribution in [0.3, 0.4) is 0 Å². The summed E-state index contributed by atoms with van der Waals surface area (Å²) in [4.78, 5) is 4.09. The summed E-state index contributed by atoms with van der Waals surface area (Å²) in [5.74, 6) is 1.46. The first-order valence-electron chi connectivity index (χ1n) is 5.87. The molecule has 0 bridgehead atoms. The topological polar surface area (TPSA) is 73.1 Å². The van der Waals surface area contributed by atoms with E-state index in [2.05, 4.69) is 27.4 Å². The summed E-state index contributed by atoms with van der Waals surface area (Å²) >= 11 is 0. The normalized spacial score (nSPS) is 10.6. The first-order chi connectivity index (χ1) is 8.85. The number of hydrogen-bond acceptors (Lipinski definition) is 6. The molecule has 2 aromatic heterocycles. The van der Waals surface area contributed by atoms with Gasteiger partial charge in [-0.15, -0.1) is 10.2 Å². The van der Waals surface area contributed by atoms with Crippen molar-refractivity contribution in [2.45, 2.75) is 19.9 Å². The Hall–Kier alpha value is -1.95. The van der Waals surface area contributed by atoms with Crippen LogP contribution in [0.15, 0.2) is 22.7 Å². The fourth-order valence-electron chi connectivity index (χ4n) is 1.52. The van der Waals surface area contributed by atoms with Crippen LogP contribution in [-0.2, 0) is 6.54 Å². The molecule has 0 saturated heterocycles. The average Bonchev–Trinajstić information content (AvgIpc) is 2.88. The van der Waals surface area contributed by atoms with E-state index in [1.54, 1.807) is 19.4 Å². The maximum atomic E-state index is 5.55. The van der Waals surface area contributed by atoms with Crippen molar-refractivity contribution >= 4 is 0 Å². The van der Waals surface area contributed by atoms with Crippen LogP contribution in [0.2, 0.25) is 0 Å². The summed E-state index contributed by atoms with van der Waals surface area (Å²) in [5, 5.41) is 11.2. The van der Waals surface area contributed by atoms with Gasteiger partial charge in [-0.25, -0.2) is 4.98 Å². The van der Waals surface area contributed by atoms with Crippen LogP contribution in [0.4, 0.5) is 0 Å². The summed E-state index contributed by atoms with van der Waals surface area (Å²) in [6.45, 7) is 3.60. The molecule has 0 fully saturated rings. The van der Waals surface area contributed by atoms with Crippen LogP contribution < -0.4 is 10.1 Å². The Balaban J connectivity index is 2.13. The predicted octanol–water partition coefficient (Wildman–Crippen LogP) is 1.64. The number of rotatable bonds is 6. The molecule has 2 heterocycles. The largest absolute Gasteiger partial charge is 0.480 e. The van der Waals surface area contributed by atoms with Crippen molar-refractivity contribution < 1.29 is 9.15 Å². The summed E-state index contributed by atoms with van der Waals surface area (Å²) in [6, 6.07) is 3.64. The van der Waals surface area contributed by atoms with Crippen LogP contribution in [0.25, 0.3) is 11.5 Å². The summed E-state index contributed by atoms with van der Waals surface area (Å²) in [5.41, 5.74) is 0.703. The number of ether oxygens (including phenoxy) is 1. The second-order valence-electron chi connectivity index (χ2n) is 3.74. The SMILES string of the molecule is CCCNCc1nnc(-c2cccnc2OC)o1. The van der Waals surface area contributed by atoms with Gasteiger partial charge >= 0.3 is 0 Å². The van der Waals surface area contributed by atoms with Crippen LogP contribution in [0, 0.1) is 0 Å². The number of nitrogens with one attached hydrogen (secondary N) is 1. The lowest BCUT2D eigenvalue weighted by molar-refractivity contribution is 0.396. The van der Waals surface area contributed by atoms with Crippen molar-refractivity contribution in [2.24, 2.45) is 0 Å². The Morgan fingerprint density at radius 3 is 3.06 bits per heavy atom. The van der Waals surface area contributed by atoms with Gasteiger partial charge in [-0.05, 0) is 25.1 Å². The minimum Gasteiger partial charge on any atom is -0.480 e. The number of aromatic nitrogens is 3. The molecule has 0 amide bonds. The van der Waals surface area contributed by atoms with Gasteiger partial charge in [-0.2, -0.15) is 0 Å². The van der Waals surface area contributed by atoms with E-state index >= 15 is 0 Å². The molecule has 0 aliphatic carbocycles. The van der Waals surface area contributed by atoms with Crippen molar-refractivity contribution in [1.29, 1.82) is 0 Å². The molecule has 1 N–H and O–H groups in total. The number of pyridine rings is 1. The number of methoxy groups -OCH3 is 1. The van der Waals surface area contributed by atoms with E-state index in [1.807, 2.05) is 6.07 Å². The Kier molecular flexibility index (Phi) is 4.25. The molecule has 0 spiro atoms. The second kappa shape index (κ2) is 6.11. The molecule has 0 aromatic carbocycles. The van der Waals surface area contributed by atoms with Crippen LogP contribution >= 0.6 is 0 Å². The van der Waals surface area contributed by atoms with Crippen LogP contribution in [-0.4, -0.2) is 28.8 Å². The summed E-state index contributed by atoms with van der Waals surface area (Å²) in [6.07, 6.45) is 2.72. The Morgan fingerprint density at radius 1 is 1.39 bits per heavy atom. The van der Waals surface area contributed by atoms with Crippen LogP contribution in [0.5, 0.6) is 5.88 Å². The van der Waals surface area contributed by atoms with Gasteiger partial charge in [-0.3, -0.25) is 0 Å². The van der Waals surface area contributed by atoms with E-state index < -0.39 is 0 Å². The van der Waals surface area contributed by atoms with Gasteiger partial charge in [0.1, 0.15) is 5.56 Å². The van der Waals surface area contributed by atoms with E-state index in [4.69, 9.17) is 9.15 Å². The highest BCUT2D eigenvalue weighted by Crippen LogP contribution is 2.25. The molecule has 6 heteroatoms. The van der Waals surface area contributed by atoms with Gasteiger partial charge in [-0.1, -0.05) is 6.92 Å². The zero-order chi connectivity index (χ0) is 12.8. The third-order valence-electron chi connectivity index (χ3n) is 2.36. The van der Waals surface area contributed by atoms with Gasteiger partial charge in [0, 0.05) is 6.20 Å². The molecule has 0 saturated carbocycles. The number of nitrogens with zero attached hydrogens (tertiary/aromatic N) is 3. The molecule has 0 atom stereocenters. The molecule has 0 aliphatic rings. The van der Waals surface area contributed by atoms with E-state index in [-0.39, 0.29) is 0 Å². The third-order valence-corrected chi connectivity index (χ3v) is 2.36.